The molecule has 2 fully saturated rings. The maximum atomic E-state index is 1.94. The molecule has 6 heteroatoms. The molecule has 0 atom stereocenters. The molecule has 0 bridgehead atoms. The Morgan fingerprint density at radius 1 is 0.632 bits per heavy atom. The molecule has 1 saturated carbocycles. The quantitative estimate of drug-likeness (QED) is 0.590. The highest BCUT2D eigenvalue weighted by Gasteiger charge is 2.21. The summed E-state index contributed by atoms with van der Waals surface area (Å²) < 4.78 is 0. The summed E-state index contributed by atoms with van der Waals surface area (Å²) in [4.78, 5) is 0. The number of rotatable bonds is 2. The SMILES string of the molecule is C1CCCCCC(C[SiH]2[SiH2][SiH2][SiH2][SiH2][SiH2]2)CCCCC1. The van der Waals surface area contributed by atoms with Gasteiger partial charge < -0.3 is 0 Å². The summed E-state index contributed by atoms with van der Waals surface area (Å²) >= 11 is 0. The molecule has 0 nitrogen and oxygen atoms in total. The van der Waals surface area contributed by atoms with E-state index in [1.54, 1.807) is 64.2 Å². The molecule has 19 heavy (non-hydrogen) atoms. The van der Waals surface area contributed by atoms with E-state index >= 15 is 0 Å². The molecule has 2 rings (SSSR count). The summed E-state index contributed by atoms with van der Waals surface area (Å²) in [6.45, 7) is 0. The molecule has 0 aromatic heterocycles. The van der Waals surface area contributed by atoms with Crippen LogP contribution in [0.25, 0.3) is 0 Å². The maximum Gasteiger partial charge on any atom is 0.00665 e. The Labute approximate surface area is 133 Å². The lowest BCUT2D eigenvalue weighted by Gasteiger charge is -2.25. The Bertz CT molecular complexity index is 207. The highest BCUT2D eigenvalue weighted by Crippen LogP contribution is 2.24. The zero-order valence-corrected chi connectivity index (χ0v) is 21.4. The van der Waals surface area contributed by atoms with Crippen LogP contribution in [0.3, 0.4) is 0 Å². The molecule has 1 aliphatic carbocycles. The van der Waals surface area contributed by atoms with Gasteiger partial charge in [-0.2, -0.15) is 0 Å². The van der Waals surface area contributed by atoms with Gasteiger partial charge >= 0.3 is 0 Å². The third kappa shape index (κ3) is 7.75. The van der Waals surface area contributed by atoms with E-state index in [0.29, 0.717) is 0 Å². The maximum absolute atomic E-state index is 1.94. The average molecular weight is 361 g/mol. The van der Waals surface area contributed by atoms with Crippen molar-refractivity contribution < 1.29 is 0 Å². The minimum atomic E-state index is 0.156. The van der Waals surface area contributed by atoms with Crippen LogP contribution in [0, 0.1) is 5.92 Å². The lowest BCUT2D eigenvalue weighted by Crippen LogP contribution is -2.48. The third-order valence-electron chi connectivity index (χ3n) is 5.62. The summed E-state index contributed by atoms with van der Waals surface area (Å²) in [7, 11) is 4.16. The molecule has 0 unspecified atom stereocenters. The summed E-state index contributed by atoms with van der Waals surface area (Å²) in [5.41, 5.74) is 0. The first-order valence-electron chi connectivity index (χ1n) is 9.45. The van der Waals surface area contributed by atoms with Crippen molar-refractivity contribution in [3.8, 4) is 0 Å². The van der Waals surface area contributed by atoms with Gasteiger partial charge in [-0.15, -0.1) is 0 Å². The van der Waals surface area contributed by atoms with E-state index in [2.05, 4.69) is 0 Å². The first kappa shape index (κ1) is 16.7. The van der Waals surface area contributed by atoms with Gasteiger partial charge in [-0.25, -0.2) is 0 Å². The van der Waals surface area contributed by atoms with Gasteiger partial charge in [0.2, 0.25) is 0 Å². The van der Waals surface area contributed by atoms with Gasteiger partial charge in [0.1, 0.15) is 0 Å². The molecule has 0 radical (unpaired) electrons. The van der Waals surface area contributed by atoms with Crippen LogP contribution in [0.1, 0.15) is 70.6 Å². The highest BCUT2D eigenvalue weighted by molar-refractivity contribution is 7.80. The van der Waals surface area contributed by atoms with Crippen LogP contribution >= 0.6 is 0 Å². The van der Waals surface area contributed by atoms with Crippen molar-refractivity contribution in [1.29, 1.82) is 0 Å². The highest BCUT2D eigenvalue weighted by atomic mass is 30.1. The van der Waals surface area contributed by atoms with E-state index in [-0.39, 0.29) is 7.83 Å². The van der Waals surface area contributed by atoms with Crippen molar-refractivity contribution in [1.82, 2.24) is 0 Å². The molecular formula is C13H36Si6. The lowest BCUT2D eigenvalue weighted by atomic mass is 9.94. The van der Waals surface area contributed by atoms with E-state index in [0.717, 1.165) is 42.8 Å². The van der Waals surface area contributed by atoms with Gasteiger partial charge in [0, 0.05) is 7.83 Å². The first-order chi connectivity index (χ1) is 9.45. The van der Waals surface area contributed by atoms with Crippen molar-refractivity contribution in [2.45, 2.75) is 76.7 Å². The molecule has 1 heterocycles. The second-order valence-electron chi connectivity index (χ2n) is 7.37. The first-order valence-corrected chi connectivity index (χ1v) is 32.8. The predicted molar refractivity (Wildman–Crippen MR) is 109 cm³/mol. The molecule has 0 spiro atoms. The standard InChI is InChI=1S/C13H36Si6/c1-2-4-6-8-10-13(11-9-7-5-3-1)12-19-17-15-14-16-18-19/h13,19H,1-12,14-18H2. The topological polar surface area (TPSA) is 0 Å². The lowest BCUT2D eigenvalue weighted by molar-refractivity contribution is 0.420. The average Bonchev–Trinajstić information content (AvgIpc) is 2.43. The van der Waals surface area contributed by atoms with E-state index in [9.17, 15) is 0 Å². The van der Waals surface area contributed by atoms with Crippen LogP contribution < -0.4 is 0 Å². The zero-order chi connectivity index (χ0) is 13.2. The van der Waals surface area contributed by atoms with Crippen LogP contribution in [0.15, 0.2) is 0 Å². The second-order valence-corrected chi connectivity index (χ2v) is 62.5. The third-order valence-corrected chi connectivity index (χ3v) is 125. The van der Waals surface area contributed by atoms with Crippen molar-refractivity contribution in [2.75, 3.05) is 0 Å². The number of hydrogen-bond acceptors (Lipinski definition) is 0. The Morgan fingerprint density at radius 3 is 1.63 bits per heavy atom. The minimum Gasteiger partial charge on any atom is -0.0623 e. The molecule has 2 aliphatic rings. The van der Waals surface area contributed by atoms with Gasteiger partial charge in [0.15, 0.2) is 0 Å². The molecule has 0 aromatic rings. The monoisotopic (exact) mass is 360 g/mol. The Balaban J connectivity index is 1.70. The summed E-state index contributed by atoms with van der Waals surface area (Å²) in [5.74, 6) is 1.28. The Hall–Kier alpha value is 1.30. The van der Waals surface area contributed by atoms with Crippen LogP contribution in [0.2, 0.25) is 6.04 Å². The van der Waals surface area contributed by atoms with Gasteiger partial charge in [-0.3, -0.25) is 0 Å². The molecule has 1 aliphatic heterocycles. The summed E-state index contributed by atoms with van der Waals surface area (Å²) in [6.07, 6.45) is 17.5. The van der Waals surface area contributed by atoms with E-state index in [1.807, 2.05) is 6.04 Å². The Morgan fingerprint density at radius 2 is 1.11 bits per heavy atom. The van der Waals surface area contributed by atoms with E-state index in [1.165, 1.54) is 12.3 Å². The molecule has 0 N–H and O–H groups in total. The fourth-order valence-electron chi connectivity index (χ4n) is 4.38. The van der Waals surface area contributed by atoms with Crippen molar-refractivity contribution in [2.24, 2.45) is 5.92 Å². The molecule has 0 amide bonds. The van der Waals surface area contributed by atoms with E-state index < -0.39 is 0 Å². The number of hydrogen-bond donors (Lipinski definition) is 0. The van der Waals surface area contributed by atoms with Crippen molar-refractivity contribution >= 4 is 50.6 Å². The Kier molecular flexibility index (Phi) is 9.60. The van der Waals surface area contributed by atoms with Gasteiger partial charge in [0.25, 0.3) is 0 Å². The molecule has 1 saturated heterocycles. The molecule has 0 aromatic carbocycles. The van der Waals surface area contributed by atoms with Crippen molar-refractivity contribution in [3.63, 3.8) is 0 Å². The summed E-state index contributed by atoms with van der Waals surface area (Å²) in [5, 5.41) is 0. The normalized spacial score (nSPS) is 35.7. The zero-order valence-electron chi connectivity index (χ0n) is 13.2. The van der Waals surface area contributed by atoms with Gasteiger partial charge in [-0.1, -0.05) is 76.7 Å². The van der Waals surface area contributed by atoms with Crippen molar-refractivity contribution in [3.05, 3.63) is 0 Å². The summed E-state index contributed by atoms with van der Waals surface area (Å²) in [6, 6.07) is 1.94. The van der Waals surface area contributed by atoms with Crippen LogP contribution in [0.5, 0.6) is 0 Å². The smallest absolute Gasteiger partial charge is 0.00665 e. The fourth-order valence-corrected chi connectivity index (χ4v) is 255. The molecule has 112 valence electrons. The van der Waals surface area contributed by atoms with Crippen LogP contribution in [-0.2, 0) is 0 Å². The molecular weight excluding hydrogens is 325 g/mol. The predicted octanol–water partition coefficient (Wildman–Crippen LogP) is -0.355. The van der Waals surface area contributed by atoms with E-state index in [4.69, 9.17) is 0 Å². The van der Waals surface area contributed by atoms with Gasteiger partial charge in [0.05, 0.1) is 0 Å². The fraction of sp³-hybridized carbons (Fsp3) is 1.00. The minimum absolute atomic E-state index is 0.156. The second kappa shape index (κ2) is 10.9. The van der Waals surface area contributed by atoms with Crippen LogP contribution in [0.4, 0.5) is 0 Å². The van der Waals surface area contributed by atoms with Crippen LogP contribution in [-0.4, -0.2) is 50.6 Å². The van der Waals surface area contributed by atoms with Gasteiger partial charge in [-0.05, 0) is 48.7 Å². The largest absolute Gasteiger partial charge is 0.0623 e.